The zero-order valence-corrected chi connectivity index (χ0v) is 10.9. The minimum Gasteiger partial charge on any atom is -0.444 e. The summed E-state index contributed by atoms with van der Waals surface area (Å²) in [5, 5.41) is 0.680. The molecule has 2 rings (SSSR count). The largest absolute Gasteiger partial charge is 0.444 e. The summed E-state index contributed by atoms with van der Waals surface area (Å²) in [5.74, 6) is 0. The summed E-state index contributed by atoms with van der Waals surface area (Å²) in [6.45, 7) is 1.80. The highest BCUT2D eigenvalue weighted by Gasteiger charge is 2.30. The average Bonchev–Trinajstić information content (AvgIpc) is 2.68. The van der Waals surface area contributed by atoms with Gasteiger partial charge in [-0.1, -0.05) is 23.7 Å². The maximum Gasteiger partial charge on any atom is 0.410 e. The van der Waals surface area contributed by atoms with Crippen molar-refractivity contribution in [2.45, 2.75) is 25.5 Å². The number of carbonyl (C=O) groups excluding carboxylic acids is 1. The lowest BCUT2D eigenvalue weighted by atomic mass is 10.2. The van der Waals surface area contributed by atoms with Crippen molar-refractivity contribution in [2.24, 2.45) is 5.73 Å². The van der Waals surface area contributed by atoms with Gasteiger partial charge in [0.25, 0.3) is 0 Å². The topological polar surface area (TPSA) is 55.6 Å². The Kier molecular flexibility index (Phi) is 4.44. The molecule has 0 bridgehead atoms. The van der Waals surface area contributed by atoms with Crippen LogP contribution in [0.3, 0.4) is 0 Å². The molecule has 1 atom stereocenters. The predicted molar refractivity (Wildman–Crippen MR) is 70.4 cm³/mol. The van der Waals surface area contributed by atoms with Crippen LogP contribution in [0.2, 0.25) is 5.02 Å². The van der Waals surface area contributed by atoms with Gasteiger partial charge in [0.1, 0.15) is 6.10 Å². The molecule has 1 unspecified atom stereocenters. The summed E-state index contributed by atoms with van der Waals surface area (Å²) in [6, 6.07) is 7.51. The Morgan fingerprint density at radius 2 is 2.33 bits per heavy atom. The molecule has 1 aromatic carbocycles. The van der Waals surface area contributed by atoms with Crippen molar-refractivity contribution >= 4 is 17.7 Å². The molecule has 0 saturated carbocycles. The minimum absolute atomic E-state index is 0.0276. The molecule has 1 fully saturated rings. The van der Waals surface area contributed by atoms with Crippen molar-refractivity contribution in [2.75, 3.05) is 13.1 Å². The van der Waals surface area contributed by atoms with Gasteiger partial charge in [0.2, 0.25) is 0 Å². The molecule has 5 heteroatoms. The van der Waals surface area contributed by atoms with Crippen LogP contribution in [-0.4, -0.2) is 30.2 Å². The fourth-order valence-corrected chi connectivity index (χ4v) is 2.27. The molecule has 1 aliphatic rings. The van der Waals surface area contributed by atoms with Crippen molar-refractivity contribution in [1.29, 1.82) is 0 Å². The lowest BCUT2D eigenvalue weighted by Gasteiger charge is -2.12. The summed E-state index contributed by atoms with van der Waals surface area (Å²) in [5.41, 5.74) is 6.46. The van der Waals surface area contributed by atoms with Gasteiger partial charge in [-0.05, 0) is 37.1 Å². The molecule has 98 valence electrons. The van der Waals surface area contributed by atoms with E-state index < -0.39 is 0 Å². The van der Waals surface area contributed by atoms with Crippen LogP contribution in [0.15, 0.2) is 24.3 Å². The van der Waals surface area contributed by atoms with Gasteiger partial charge in [0.05, 0.1) is 6.54 Å². The number of cyclic esters (lactones) is 1. The second-order valence-electron chi connectivity index (χ2n) is 4.45. The van der Waals surface area contributed by atoms with Crippen LogP contribution in [-0.2, 0) is 11.3 Å². The number of hydrogen-bond acceptors (Lipinski definition) is 3. The van der Waals surface area contributed by atoms with E-state index in [0.717, 1.165) is 18.4 Å². The molecular formula is C13H17ClN2O2. The predicted octanol–water partition coefficient (Wildman–Crippen LogP) is 2.40. The molecule has 4 nitrogen and oxygen atoms in total. The number of hydrogen-bond donors (Lipinski definition) is 1. The summed E-state index contributed by atoms with van der Waals surface area (Å²) < 4.78 is 5.28. The second kappa shape index (κ2) is 6.07. The highest BCUT2D eigenvalue weighted by atomic mass is 35.5. The van der Waals surface area contributed by atoms with Gasteiger partial charge in [-0.15, -0.1) is 0 Å². The zero-order valence-electron chi connectivity index (χ0n) is 10.1. The van der Waals surface area contributed by atoms with Crippen LogP contribution in [0.4, 0.5) is 4.79 Å². The van der Waals surface area contributed by atoms with Crippen LogP contribution in [0.25, 0.3) is 0 Å². The number of nitrogens with two attached hydrogens (primary N) is 1. The first-order valence-electron chi connectivity index (χ1n) is 6.09. The van der Waals surface area contributed by atoms with E-state index in [2.05, 4.69) is 0 Å². The normalized spacial score (nSPS) is 19.1. The number of nitrogens with zero attached hydrogens (tertiary/aromatic N) is 1. The van der Waals surface area contributed by atoms with E-state index in [-0.39, 0.29) is 12.2 Å². The maximum atomic E-state index is 11.7. The van der Waals surface area contributed by atoms with Crippen molar-refractivity contribution in [3.05, 3.63) is 34.9 Å². The van der Waals surface area contributed by atoms with Crippen LogP contribution < -0.4 is 5.73 Å². The van der Waals surface area contributed by atoms with E-state index in [1.54, 1.807) is 4.90 Å². The number of carbonyl (C=O) groups is 1. The van der Waals surface area contributed by atoms with Crippen LogP contribution in [0.5, 0.6) is 0 Å². The smallest absolute Gasteiger partial charge is 0.410 e. The number of benzene rings is 1. The van der Waals surface area contributed by atoms with Gasteiger partial charge >= 0.3 is 6.09 Å². The summed E-state index contributed by atoms with van der Waals surface area (Å²) in [4.78, 5) is 13.4. The second-order valence-corrected chi connectivity index (χ2v) is 4.88. The third-order valence-electron chi connectivity index (χ3n) is 2.94. The highest BCUT2D eigenvalue weighted by molar-refractivity contribution is 6.30. The van der Waals surface area contributed by atoms with Gasteiger partial charge in [-0.25, -0.2) is 4.79 Å². The van der Waals surface area contributed by atoms with Crippen molar-refractivity contribution in [3.8, 4) is 0 Å². The molecule has 2 N–H and O–H groups in total. The van der Waals surface area contributed by atoms with E-state index in [0.29, 0.717) is 24.7 Å². The third kappa shape index (κ3) is 3.37. The lowest BCUT2D eigenvalue weighted by Crippen LogP contribution is -2.24. The number of rotatable bonds is 5. The lowest BCUT2D eigenvalue weighted by molar-refractivity contribution is 0.127. The van der Waals surface area contributed by atoms with E-state index in [1.165, 1.54) is 0 Å². The average molecular weight is 269 g/mol. The fourth-order valence-electron chi connectivity index (χ4n) is 2.06. The molecule has 0 aliphatic carbocycles. The third-order valence-corrected chi connectivity index (χ3v) is 3.18. The van der Waals surface area contributed by atoms with E-state index in [1.807, 2.05) is 24.3 Å². The highest BCUT2D eigenvalue weighted by Crippen LogP contribution is 2.19. The van der Waals surface area contributed by atoms with Crippen LogP contribution in [0.1, 0.15) is 18.4 Å². The van der Waals surface area contributed by atoms with Crippen LogP contribution in [0, 0.1) is 0 Å². The van der Waals surface area contributed by atoms with Gasteiger partial charge in [0, 0.05) is 11.6 Å². The van der Waals surface area contributed by atoms with E-state index >= 15 is 0 Å². The van der Waals surface area contributed by atoms with Gasteiger partial charge in [-0.3, -0.25) is 0 Å². The van der Waals surface area contributed by atoms with Gasteiger partial charge < -0.3 is 15.4 Å². The monoisotopic (exact) mass is 268 g/mol. The van der Waals surface area contributed by atoms with Crippen LogP contribution >= 0.6 is 11.6 Å². The Morgan fingerprint density at radius 1 is 1.50 bits per heavy atom. The Balaban J connectivity index is 1.92. The quantitative estimate of drug-likeness (QED) is 0.892. The minimum atomic E-state index is -0.253. The summed E-state index contributed by atoms with van der Waals surface area (Å²) in [6.07, 6.45) is 1.43. The first kappa shape index (κ1) is 13.2. The van der Waals surface area contributed by atoms with E-state index in [9.17, 15) is 4.79 Å². The fraction of sp³-hybridized carbons (Fsp3) is 0.462. The Morgan fingerprint density at radius 3 is 3.06 bits per heavy atom. The van der Waals surface area contributed by atoms with Crippen molar-refractivity contribution in [1.82, 2.24) is 4.90 Å². The maximum absolute atomic E-state index is 11.7. The Hall–Kier alpha value is -1.26. The SMILES string of the molecule is NCCCC1CN(Cc2cccc(Cl)c2)C(=O)O1. The number of ether oxygens (including phenoxy) is 1. The van der Waals surface area contributed by atoms with Gasteiger partial charge in [-0.2, -0.15) is 0 Å². The molecule has 0 spiro atoms. The molecule has 1 amide bonds. The molecule has 1 aliphatic heterocycles. The first-order chi connectivity index (χ1) is 8.69. The molecule has 1 heterocycles. The zero-order chi connectivity index (χ0) is 13.0. The summed E-state index contributed by atoms with van der Waals surface area (Å²) >= 11 is 5.92. The van der Waals surface area contributed by atoms with Crippen molar-refractivity contribution in [3.63, 3.8) is 0 Å². The molecule has 0 radical (unpaired) electrons. The van der Waals surface area contributed by atoms with Crippen molar-refractivity contribution < 1.29 is 9.53 Å². The molecule has 18 heavy (non-hydrogen) atoms. The number of halogens is 1. The van der Waals surface area contributed by atoms with E-state index in [4.69, 9.17) is 22.1 Å². The summed E-state index contributed by atoms with van der Waals surface area (Å²) in [7, 11) is 0. The Labute approximate surface area is 112 Å². The molecule has 1 saturated heterocycles. The standard InChI is InChI=1S/C13H17ClN2O2/c14-11-4-1-3-10(7-11)8-16-9-12(5-2-6-15)18-13(16)17/h1,3-4,7,12H,2,5-6,8-9,15H2. The molecule has 1 aromatic rings. The molecule has 0 aromatic heterocycles. The first-order valence-corrected chi connectivity index (χ1v) is 6.47. The Bertz CT molecular complexity index is 425. The number of amides is 1. The van der Waals surface area contributed by atoms with Gasteiger partial charge in [0.15, 0.2) is 0 Å². The molecular weight excluding hydrogens is 252 g/mol.